The summed E-state index contributed by atoms with van der Waals surface area (Å²) in [7, 11) is 0. The predicted molar refractivity (Wildman–Crippen MR) is 90.3 cm³/mol. The molecule has 2 heterocycles. The number of rotatable bonds is 6. The summed E-state index contributed by atoms with van der Waals surface area (Å²) in [6, 6.07) is 2.62. The Balaban J connectivity index is 1.82. The topological polar surface area (TPSA) is 134 Å². The first-order chi connectivity index (χ1) is 12.3. The van der Waals surface area contributed by atoms with Crippen LogP contribution in [-0.2, 0) is 16.1 Å². The third-order valence-electron chi connectivity index (χ3n) is 3.71. The summed E-state index contributed by atoms with van der Waals surface area (Å²) in [4.78, 5) is 38.2. The number of aromatic amines is 1. The van der Waals surface area contributed by atoms with Gasteiger partial charge >= 0.3 is 12.0 Å². The van der Waals surface area contributed by atoms with Crippen molar-refractivity contribution >= 4 is 17.9 Å². The maximum Gasteiger partial charge on any atom is 0.355 e. The number of nitrogens with one attached hydrogen (secondary N) is 3. The van der Waals surface area contributed by atoms with Crippen molar-refractivity contribution in [3.05, 3.63) is 46.7 Å². The standard InChI is InChI=1S/C17H21N3O6/c1-9-14(11(3)21)10(2)19-15(9)16(23)26-8-13(22)20-17(24)18-7-12-5-4-6-25-12/h4-6,11,19,21H,7-8H2,1-3H3,(H2,18,20,22,24)/t11-/m0/s1. The Labute approximate surface area is 149 Å². The average Bonchev–Trinajstić information content (AvgIpc) is 3.18. The van der Waals surface area contributed by atoms with Gasteiger partial charge in [0.05, 0.1) is 18.9 Å². The summed E-state index contributed by atoms with van der Waals surface area (Å²) in [6.07, 6.45) is 0.723. The Morgan fingerprint density at radius 1 is 1.35 bits per heavy atom. The van der Waals surface area contributed by atoms with Gasteiger partial charge in [-0.05, 0) is 38.5 Å². The first-order valence-electron chi connectivity index (χ1n) is 7.94. The van der Waals surface area contributed by atoms with Crippen LogP contribution in [0.2, 0.25) is 0 Å². The zero-order valence-electron chi connectivity index (χ0n) is 14.7. The molecule has 1 atom stereocenters. The number of hydrogen-bond donors (Lipinski definition) is 4. The van der Waals surface area contributed by atoms with Crippen molar-refractivity contribution < 1.29 is 28.6 Å². The number of carbonyl (C=O) groups is 3. The number of ether oxygens (including phenoxy) is 1. The van der Waals surface area contributed by atoms with Crippen molar-refractivity contribution in [2.24, 2.45) is 0 Å². The monoisotopic (exact) mass is 363 g/mol. The molecule has 2 rings (SSSR count). The Bertz CT molecular complexity index is 792. The number of aliphatic hydroxyl groups excluding tert-OH is 1. The summed E-state index contributed by atoms with van der Waals surface area (Å²) in [6.45, 7) is 4.49. The predicted octanol–water partition coefficient (Wildman–Crippen LogP) is 1.46. The van der Waals surface area contributed by atoms with Gasteiger partial charge in [-0.25, -0.2) is 9.59 Å². The molecule has 2 aromatic heterocycles. The van der Waals surface area contributed by atoms with E-state index in [4.69, 9.17) is 9.15 Å². The molecule has 0 unspecified atom stereocenters. The van der Waals surface area contributed by atoms with Crippen LogP contribution in [0, 0.1) is 13.8 Å². The van der Waals surface area contributed by atoms with Gasteiger partial charge in [0.1, 0.15) is 11.5 Å². The Kier molecular flexibility index (Phi) is 6.18. The zero-order valence-corrected chi connectivity index (χ0v) is 14.7. The van der Waals surface area contributed by atoms with Gasteiger partial charge in [-0.1, -0.05) is 0 Å². The Morgan fingerprint density at radius 3 is 2.65 bits per heavy atom. The van der Waals surface area contributed by atoms with Crippen molar-refractivity contribution in [3.8, 4) is 0 Å². The lowest BCUT2D eigenvalue weighted by atomic mass is 10.1. The number of urea groups is 1. The fourth-order valence-corrected chi connectivity index (χ4v) is 2.59. The van der Waals surface area contributed by atoms with E-state index in [-0.39, 0.29) is 12.2 Å². The van der Waals surface area contributed by atoms with Crippen LogP contribution in [0.4, 0.5) is 4.79 Å². The van der Waals surface area contributed by atoms with E-state index < -0.39 is 30.6 Å². The van der Waals surface area contributed by atoms with Gasteiger partial charge in [0.2, 0.25) is 0 Å². The minimum atomic E-state index is -0.771. The number of aromatic nitrogens is 1. The number of amides is 3. The van der Waals surface area contributed by atoms with E-state index in [0.29, 0.717) is 22.6 Å². The molecule has 0 aromatic carbocycles. The molecular formula is C17H21N3O6. The number of H-pyrrole nitrogens is 1. The number of carbonyl (C=O) groups excluding carboxylic acids is 3. The smallest absolute Gasteiger partial charge is 0.355 e. The summed E-state index contributed by atoms with van der Waals surface area (Å²) in [5.41, 5.74) is 1.97. The van der Waals surface area contributed by atoms with E-state index >= 15 is 0 Å². The highest BCUT2D eigenvalue weighted by Gasteiger charge is 2.21. The summed E-state index contributed by atoms with van der Waals surface area (Å²) in [5.74, 6) is -0.985. The molecule has 2 aromatic rings. The number of hydrogen-bond acceptors (Lipinski definition) is 6. The lowest BCUT2D eigenvalue weighted by Gasteiger charge is -2.07. The second-order valence-electron chi connectivity index (χ2n) is 5.73. The van der Waals surface area contributed by atoms with Crippen molar-refractivity contribution in [2.45, 2.75) is 33.4 Å². The SMILES string of the molecule is Cc1[nH]c(C(=O)OCC(=O)NC(=O)NCc2ccco2)c(C)c1[C@H](C)O. The highest BCUT2D eigenvalue weighted by molar-refractivity contribution is 5.97. The molecule has 0 fully saturated rings. The third kappa shape index (κ3) is 4.73. The van der Waals surface area contributed by atoms with Gasteiger partial charge < -0.3 is 24.6 Å². The van der Waals surface area contributed by atoms with Crippen LogP contribution in [-0.4, -0.2) is 34.6 Å². The second-order valence-corrected chi connectivity index (χ2v) is 5.73. The van der Waals surface area contributed by atoms with E-state index in [2.05, 4.69) is 10.3 Å². The molecule has 4 N–H and O–H groups in total. The van der Waals surface area contributed by atoms with Crippen LogP contribution in [0.3, 0.4) is 0 Å². The van der Waals surface area contributed by atoms with Crippen molar-refractivity contribution in [1.82, 2.24) is 15.6 Å². The maximum atomic E-state index is 12.1. The average molecular weight is 363 g/mol. The Morgan fingerprint density at radius 2 is 2.08 bits per heavy atom. The molecule has 26 heavy (non-hydrogen) atoms. The van der Waals surface area contributed by atoms with E-state index in [1.54, 1.807) is 32.9 Å². The van der Waals surface area contributed by atoms with Crippen LogP contribution in [0.15, 0.2) is 22.8 Å². The summed E-state index contributed by atoms with van der Waals surface area (Å²) >= 11 is 0. The lowest BCUT2D eigenvalue weighted by Crippen LogP contribution is -2.41. The van der Waals surface area contributed by atoms with Gasteiger partial charge in [0.15, 0.2) is 6.61 Å². The molecule has 140 valence electrons. The second kappa shape index (κ2) is 8.34. The first kappa shape index (κ1) is 19.3. The molecule has 0 aliphatic carbocycles. The fraction of sp³-hybridized carbons (Fsp3) is 0.353. The Hall–Kier alpha value is -3.07. The van der Waals surface area contributed by atoms with Crippen LogP contribution >= 0.6 is 0 Å². The molecule has 0 spiro atoms. The highest BCUT2D eigenvalue weighted by Crippen LogP contribution is 2.24. The largest absolute Gasteiger partial charge is 0.467 e. The van der Waals surface area contributed by atoms with Gasteiger partial charge in [-0.3, -0.25) is 10.1 Å². The van der Waals surface area contributed by atoms with Gasteiger partial charge in [-0.15, -0.1) is 0 Å². The van der Waals surface area contributed by atoms with E-state index in [9.17, 15) is 19.5 Å². The molecule has 0 saturated carbocycles. The van der Waals surface area contributed by atoms with Crippen LogP contribution < -0.4 is 10.6 Å². The van der Waals surface area contributed by atoms with E-state index in [1.165, 1.54) is 6.26 Å². The molecule has 0 aliphatic heterocycles. The molecule has 0 radical (unpaired) electrons. The number of furan rings is 1. The molecular weight excluding hydrogens is 342 g/mol. The molecule has 0 saturated heterocycles. The minimum Gasteiger partial charge on any atom is -0.467 e. The van der Waals surface area contributed by atoms with E-state index in [1.807, 2.05) is 5.32 Å². The maximum absolute atomic E-state index is 12.1. The summed E-state index contributed by atoms with van der Waals surface area (Å²) in [5, 5.41) is 14.2. The van der Waals surface area contributed by atoms with Crippen LogP contribution in [0.5, 0.6) is 0 Å². The first-order valence-corrected chi connectivity index (χ1v) is 7.94. The molecule has 0 bridgehead atoms. The van der Waals surface area contributed by atoms with Crippen LogP contribution in [0.1, 0.15) is 46.1 Å². The normalized spacial score (nSPS) is 11.7. The lowest BCUT2D eigenvalue weighted by molar-refractivity contribution is -0.123. The molecule has 9 nitrogen and oxygen atoms in total. The third-order valence-corrected chi connectivity index (χ3v) is 3.71. The van der Waals surface area contributed by atoms with Crippen LogP contribution in [0.25, 0.3) is 0 Å². The highest BCUT2D eigenvalue weighted by atomic mass is 16.5. The van der Waals surface area contributed by atoms with Crippen molar-refractivity contribution in [2.75, 3.05) is 6.61 Å². The molecule has 3 amide bonds. The number of aliphatic hydroxyl groups is 1. The van der Waals surface area contributed by atoms with Gasteiger partial charge in [0, 0.05) is 11.3 Å². The number of aryl methyl sites for hydroxylation is 1. The van der Waals surface area contributed by atoms with Crippen molar-refractivity contribution in [3.63, 3.8) is 0 Å². The molecule has 0 aliphatic rings. The number of esters is 1. The van der Waals surface area contributed by atoms with Gasteiger partial charge in [0.25, 0.3) is 5.91 Å². The van der Waals surface area contributed by atoms with Crippen molar-refractivity contribution in [1.29, 1.82) is 0 Å². The quantitative estimate of drug-likeness (QED) is 0.574. The van der Waals surface area contributed by atoms with Gasteiger partial charge in [-0.2, -0.15) is 0 Å². The van der Waals surface area contributed by atoms with E-state index in [0.717, 1.165) is 0 Å². The minimum absolute atomic E-state index is 0.120. The summed E-state index contributed by atoms with van der Waals surface area (Å²) < 4.78 is 9.95. The zero-order chi connectivity index (χ0) is 19.3. The number of imide groups is 1. The fourth-order valence-electron chi connectivity index (χ4n) is 2.59. The molecule has 9 heteroatoms.